The highest BCUT2D eigenvalue weighted by Gasteiger charge is 2.40. The highest BCUT2D eigenvalue weighted by molar-refractivity contribution is 6.33. The van der Waals surface area contributed by atoms with Gasteiger partial charge in [-0.05, 0) is 31.0 Å². The number of phenolic OH excluding ortho intramolecular Hbond substituents is 1. The summed E-state index contributed by atoms with van der Waals surface area (Å²) in [6.07, 6.45) is -2.83. The van der Waals surface area contributed by atoms with Crippen LogP contribution >= 0.6 is 11.6 Å². The molecule has 164 valence electrons. The Labute approximate surface area is 181 Å². The number of hydrogen-bond donors (Lipinski definition) is 2. The third-order valence-electron chi connectivity index (χ3n) is 5.83. The first-order valence-corrected chi connectivity index (χ1v) is 10.5. The second kappa shape index (κ2) is 8.20. The predicted octanol–water partition coefficient (Wildman–Crippen LogP) is 4.65. The smallest absolute Gasteiger partial charge is 0.450 e. The van der Waals surface area contributed by atoms with Gasteiger partial charge in [-0.15, -0.1) is 0 Å². The summed E-state index contributed by atoms with van der Waals surface area (Å²) in [7, 11) is 0. The first kappa shape index (κ1) is 21.7. The van der Waals surface area contributed by atoms with Crippen molar-refractivity contribution in [2.24, 2.45) is 5.92 Å². The van der Waals surface area contributed by atoms with Gasteiger partial charge < -0.3 is 14.4 Å². The lowest BCUT2D eigenvalue weighted by atomic mass is 9.98. The molecule has 31 heavy (non-hydrogen) atoms. The fourth-order valence-electron chi connectivity index (χ4n) is 4.39. The van der Waals surface area contributed by atoms with Gasteiger partial charge in [-0.1, -0.05) is 36.7 Å². The lowest BCUT2D eigenvalue weighted by Gasteiger charge is -2.28. The van der Waals surface area contributed by atoms with E-state index in [1.54, 1.807) is 6.07 Å². The fraction of sp³-hybridized carbons (Fsp3) is 0.348. The summed E-state index contributed by atoms with van der Waals surface area (Å²) >= 11 is 6.11. The van der Waals surface area contributed by atoms with Crippen LogP contribution in [0.3, 0.4) is 0 Å². The van der Waals surface area contributed by atoms with Crippen LogP contribution in [0.5, 0.6) is 5.75 Å². The average molecular weight is 453 g/mol. The number of alkyl halides is 3. The Morgan fingerprint density at radius 1 is 1.23 bits per heavy atom. The number of hydrogen-bond acceptors (Lipinski definition) is 3. The zero-order valence-corrected chi connectivity index (χ0v) is 17.6. The molecule has 1 fully saturated rings. The first-order valence-electron chi connectivity index (χ1n) is 10.1. The van der Waals surface area contributed by atoms with Gasteiger partial charge in [-0.25, -0.2) is 0 Å². The highest BCUT2D eigenvalue weighted by Crippen LogP contribution is 2.40. The van der Waals surface area contributed by atoms with Crippen molar-refractivity contribution in [3.8, 4) is 16.9 Å². The van der Waals surface area contributed by atoms with Crippen LogP contribution in [0.15, 0.2) is 45.6 Å². The third-order valence-corrected chi connectivity index (χ3v) is 6.16. The van der Waals surface area contributed by atoms with E-state index in [1.165, 1.54) is 30.3 Å². The number of halogens is 4. The minimum Gasteiger partial charge on any atom is -0.507 e. The molecule has 2 N–H and O–H groups in total. The molecule has 0 spiro atoms. The molecule has 0 saturated carbocycles. The molecule has 4 nitrogen and oxygen atoms in total. The van der Waals surface area contributed by atoms with Gasteiger partial charge in [-0.3, -0.25) is 4.79 Å². The van der Waals surface area contributed by atoms with Gasteiger partial charge in [0.15, 0.2) is 5.58 Å². The lowest BCUT2D eigenvalue weighted by Crippen LogP contribution is -3.12. The van der Waals surface area contributed by atoms with E-state index in [1.807, 2.05) is 0 Å². The van der Waals surface area contributed by atoms with E-state index in [9.17, 15) is 23.1 Å². The number of benzene rings is 2. The second-order valence-corrected chi connectivity index (χ2v) is 8.59. The Bertz CT molecular complexity index is 1190. The molecule has 4 rings (SSSR count). The molecule has 1 aliphatic rings. The van der Waals surface area contributed by atoms with Crippen LogP contribution in [0.1, 0.15) is 31.1 Å². The molecule has 1 saturated heterocycles. The van der Waals surface area contributed by atoms with E-state index >= 15 is 0 Å². The molecule has 2 heterocycles. The van der Waals surface area contributed by atoms with Crippen LogP contribution in [0.25, 0.3) is 22.1 Å². The Morgan fingerprint density at radius 2 is 1.97 bits per heavy atom. The van der Waals surface area contributed by atoms with Gasteiger partial charge in [0.25, 0.3) is 0 Å². The summed E-state index contributed by atoms with van der Waals surface area (Å²) in [6.45, 7) is 4.08. The zero-order valence-electron chi connectivity index (χ0n) is 16.9. The summed E-state index contributed by atoms with van der Waals surface area (Å²) in [4.78, 5) is 14.4. The summed E-state index contributed by atoms with van der Waals surface area (Å²) in [6, 6.07) is 8.49. The lowest BCUT2D eigenvalue weighted by molar-refractivity contribution is -0.922. The Morgan fingerprint density at radius 3 is 2.65 bits per heavy atom. The van der Waals surface area contributed by atoms with Crippen LogP contribution in [0.4, 0.5) is 13.2 Å². The molecular weight excluding hydrogens is 431 g/mol. The topological polar surface area (TPSA) is 54.9 Å². The molecule has 8 heteroatoms. The van der Waals surface area contributed by atoms with Crippen molar-refractivity contribution in [3.05, 3.63) is 63.0 Å². The minimum absolute atomic E-state index is 0.0137. The van der Waals surface area contributed by atoms with E-state index in [0.717, 1.165) is 30.8 Å². The Balaban J connectivity index is 1.97. The summed E-state index contributed by atoms with van der Waals surface area (Å²) in [5.41, 5.74) is -1.50. The quantitative estimate of drug-likeness (QED) is 0.608. The number of quaternary nitrogens is 1. The monoisotopic (exact) mass is 452 g/mol. The highest BCUT2D eigenvalue weighted by atomic mass is 35.5. The average Bonchev–Trinajstić information content (AvgIpc) is 2.70. The van der Waals surface area contributed by atoms with Crippen molar-refractivity contribution in [1.29, 1.82) is 0 Å². The zero-order chi connectivity index (χ0) is 22.3. The molecule has 0 bridgehead atoms. The molecule has 1 aromatic heterocycles. The molecule has 1 aliphatic heterocycles. The Hall–Kier alpha value is -2.51. The number of aromatic hydroxyl groups is 1. The van der Waals surface area contributed by atoms with Gasteiger partial charge in [0.1, 0.15) is 12.3 Å². The van der Waals surface area contributed by atoms with Crippen molar-refractivity contribution in [1.82, 2.24) is 0 Å². The Kier molecular flexibility index (Phi) is 5.75. The molecule has 0 amide bonds. The van der Waals surface area contributed by atoms with Crippen LogP contribution in [0.2, 0.25) is 5.02 Å². The maximum atomic E-state index is 14.0. The molecule has 0 radical (unpaired) electrons. The van der Waals surface area contributed by atoms with Gasteiger partial charge in [0.05, 0.1) is 29.6 Å². The van der Waals surface area contributed by atoms with Gasteiger partial charge in [0, 0.05) is 16.5 Å². The SMILES string of the molecule is CC1CCC[NH+](Cc2c(O)ccc3c(=O)c(-c4ccccc4Cl)c(C(F)(F)F)oc23)C1. The van der Waals surface area contributed by atoms with Crippen LogP contribution in [-0.4, -0.2) is 18.2 Å². The minimum atomic E-state index is -4.92. The maximum absolute atomic E-state index is 14.0. The van der Waals surface area contributed by atoms with E-state index in [4.69, 9.17) is 16.0 Å². The van der Waals surface area contributed by atoms with E-state index < -0.39 is 22.9 Å². The normalized spacial score (nSPS) is 19.6. The van der Waals surface area contributed by atoms with E-state index in [-0.39, 0.29) is 39.4 Å². The molecule has 3 aromatic rings. The number of rotatable bonds is 3. The molecule has 2 atom stereocenters. The standard InChI is InChI=1S/C23H21ClF3NO3/c1-13-5-4-10-28(11-13)12-16-18(29)9-8-15-20(30)19(14-6-2-3-7-17(14)24)22(23(25,26)27)31-21(15)16/h2-3,6-9,13,29H,4-5,10-12H2,1H3/p+1. The summed E-state index contributed by atoms with van der Waals surface area (Å²) in [5, 5.41) is 10.4. The first-order chi connectivity index (χ1) is 14.7. The van der Waals surface area contributed by atoms with E-state index in [2.05, 4.69) is 6.92 Å². The number of piperidine rings is 1. The van der Waals surface area contributed by atoms with Crippen molar-refractivity contribution in [3.63, 3.8) is 0 Å². The van der Waals surface area contributed by atoms with Crippen LogP contribution < -0.4 is 10.3 Å². The van der Waals surface area contributed by atoms with Crippen molar-refractivity contribution in [2.75, 3.05) is 13.1 Å². The number of fused-ring (bicyclic) bond motifs is 1. The van der Waals surface area contributed by atoms with E-state index in [0.29, 0.717) is 5.92 Å². The third kappa shape index (κ3) is 4.16. The molecule has 2 aromatic carbocycles. The maximum Gasteiger partial charge on any atom is 0.450 e. The second-order valence-electron chi connectivity index (χ2n) is 8.18. The largest absolute Gasteiger partial charge is 0.507 e. The van der Waals surface area contributed by atoms with Crippen molar-refractivity contribution >= 4 is 22.6 Å². The summed E-state index contributed by atoms with van der Waals surface area (Å²) < 4.78 is 47.3. The van der Waals surface area contributed by atoms with Crippen molar-refractivity contribution < 1.29 is 27.6 Å². The van der Waals surface area contributed by atoms with Gasteiger partial charge >= 0.3 is 6.18 Å². The number of nitrogens with one attached hydrogen (secondary N) is 1. The van der Waals surface area contributed by atoms with Gasteiger partial charge in [0.2, 0.25) is 11.2 Å². The predicted molar refractivity (Wildman–Crippen MR) is 112 cm³/mol. The number of phenols is 1. The number of likely N-dealkylation sites (tertiary alicyclic amines) is 1. The van der Waals surface area contributed by atoms with Crippen molar-refractivity contribution in [2.45, 2.75) is 32.5 Å². The van der Waals surface area contributed by atoms with Gasteiger partial charge in [-0.2, -0.15) is 13.2 Å². The molecule has 0 aliphatic carbocycles. The fourth-order valence-corrected chi connectivity index (χ4v) is 4.62. The molecular formula is C23H22ClF3NO3+. The van der Waals surface area contributed by atoms with Crippen LogP contribution in [0, 0.1) is 5.92 Å². The molecule has 2 unspecified atom stereocenters. The summed E-state index contributed by atoms with van der Waals surface area (Å²) in [5.74, 6) is -1.11. The van der Waals surface area contributed by atoms with Crippen LogP contribution in [-0.2, 0) is 12.7 Å².